The van der Waals surface area contributed by atoms with Crippen LogP contribution in [-0.4, -0.2) is 29.1 Å². The van der Waals surface area contributed by atoms with Crippen LogP contribution in [0.5, 0.6) is 0 Å². The number of allylic oxidation sites excluding steroid dienone is 2. The highest BCUT2D eigenvalue weighted by atomic mass is 16.5. The number of aliphatic hydroxyl groups excluding tert-OH is 1. The van der Waals surface area contributed by atoms with E-state index in [-0.39, 0.29) is 17.8 Å². The summed E-state index contributed by atoms with van der Waals surface area (Å²) in [4.78, 5) is 24.8. The molecule has 0 aliphatic rings. The minimum absolute atomic E-state index is 0.0258. The Morgan fingerprint density at radius 2 is 1.81 bits per heavy atom. The van der Waals surface area contributed by atoms with E-state index in [4.69, 9.17) is 4.74 Å². The van der Waals surface area contributed by atoms with Crippen molar-refractivity contribution in [3.05, 3.63) is 37.5 Å². The molecule has 4 unspecified atom stereocenters. The lowest BCUT2D eigenvalue weighted by atomic mass is 9.76. The van der Waals surface area contributed by atoms with Gasteiger partial charge in [0, 0.05) is 23.8 Å². The molecule has 0 heterocycles. The van der Waals surface area contributed by atoms with Crippen LogP contribution in [0, 0.1) is 17.3 Å². The summed E-state index contributed by atoms with van der Waals surface area (Å²) in [6.45, 7) is 16.5. The Balaban J connectivity index is 4.86. The number of hydrogen-bond acceptors (Lipinski definition) is 4. The number of ketones is 1. The number of hydrogen-bond donors (Lipinski definition) is 1. The van der Waals surface area contributed by atoms with Gasteiger partial charge in [-0.2, -0.15) is 0 Å². The number of carbonyl (C=O) groups excluding carboxylic acids is 2. The normalized spacial score (nSPS) is 16.4. The van der Waals surface area contributed by atoms with Gasteiger partial charge in [-0.25, -0.2) is 4.79 Å². The molecule has 0 aliphatic carbocycles. The fraction of sp³-hybridized carbons (Fsp3) is 0.652. The first-order chi connectivity index (χ1) is 12.6. The zero-order valence-corrected chi connectivity index (χ0v) is 17.7. The smallest absolute Gasteiger partial charge is 0.330 e. The van der Waals surface area contributed by atoms with Gasteiger partial charge in [-0.05, 0) is 45.4 Å². The maximum atomic E-state index is 12.8. The van der Waals surface area contributed by atoms with Gasteiger partial charge < -0.3 is 9.84 Å². The van der Waals surface area contributed by atoms with E-state index in [1.165, 1.54) is 6.08 Å². The van der Waals surface area contributed by atoms with Gasteiger partial charge in [0.1, 0.15) is 11.9 Å². The molecule has 27 heavy (non-hydrogen) atoms. The number of esters is 1. The average molecular weight is 379 g/mol. The third kappa shape index (κ3) is 9.18. The third-order valence-electron chi connectivity index (χ3n) is 5.02. The molecule has 0 aromatic carbocycles. The van der Waals surface area contributed by atoms with Crippen molar-refractivity contribution >= 4 is 11.8 Å². The van der Waals surface area contributed by atoms with Crippen LogP contribution in [0.2, 0.25) is 0 Å². The van der Waals surface area contributed by atoms with Crippen molar-refractivity contribution in [3.8, 4) is 0 Å². The van der Waals surface area contributed by atoms with E-state index >= 15 is 0 Å². The van der Waals surface area contributed by atoms with Crippen molar-refractivity contribution in [2.45, 2.75) is 78.9 Å². The van der Waals surface area contributed by atoms with Crippen LogP contribution in [0.15, 0.2) is 37.5 Å². The maximum Gasteiger partial charge on any atom is 0.330 e. The summed E-state index contributed by atoms with van der Waals surface area (Å²) in [5, 5.41) is 10.5. The number of ether oxygens (including phenoxy) is 1. The molecule has 4 nitrogen and oxygen atoms in total. The standard InChI is InChI=1S/C23H38O4/c1-8-11-12-14-17(4)21(25)18(5)22(26)23(6,7)16-15-20(24)27-19(10-3)13-9-2/h8-9,15-19,21,25H,1-2,10-14H2,3-7H3/b16-15+. The van der Waals surface area contributed by atoms with E-state index in [2.05, 4.69) is 13.2 Å². The van der Waals surface area contributed by atoms with Crippen LogP contribution in [0.25, 0.3) is 0 Å². The number of rotatable bonds is 14. The van der Waals surface area contributed by atoms with Crippen molar-refractivity contribution in [1.29, 1.82) is 0 Å². The van der Waals surface area contributed by atoms with Crippen molar-refractivity contribution in [2.75, 3.05) is 0 Å². The molecule has 0 bridgehead atoms. The molecular weight excluding hydrogens is 340 g/mol. The van der Waals surface area contributed by atoms with Crippen LogP contribution >= 0.6 is 0 Å². The molecule has 0 aliphatic heterocycles. The highest BCUT2D eigenvalue weighted by Gasteiger charge is 2.35. The van der Waals surface area contributed by atoms with Gasteiger partial charge >= 0.3 is 5.97 Å². The highest BCUT2D eigenvalue weighted by molar-refractivity contribution is 5.90. The van der Waals surface area contributed by atoms with Crippen molar-refractivity contribution in [3.63, 3.8) is 0 Å². The van der Waals surface area contributed by atoms with Crippen molar-refractivity contribution in [2.24, 2.45) is 17.3 Å². The molecule has 0 fully saturated rings. The first-order valence-corrected chi connectivity index (χ1v) is 9.94. The van der Waals surface area contributed by atoms with Gasteiger partial charge in [0.15, 0.2) is 0 Å². The summed E-state index contributed by atoms with van der Waals surface area (Å²) in [5.41, 5.74) is -0.861. The van der Waals surface area contributed by atoms with E-state index in [9.17, 15) is 14.7 Å². The highest BCUT2D eigenvalue weighted by Crippen LogP contribution is 2.28. The molecule has 0 spiro atoms. The molecule has 0 aromatic rings. The Morgan fingerprint density at radius 3 is 2.33 bits per heavy atom. The van der Waals surface area contributed by atoms with Crippen LogP contribution < -0.4 is 0 Å². The predicted octanol–water partition coefficient (Wildman–Crippen LogP) is 5.03. The Hall–Kier alpha value is -1.68. The molecule has 4 heteroatoms. The zero-order chi connectivity index (χ0) is 21.0. The van der Waals surface area contributed by atoms with E-state index in [0.717, 1.165) is 19.3 Å². The number of aliphatic hydroxyl groups is 1. The number of unbranched alkanes of at least 4 members (excludes halogenated alkanes) is 1. The third-order valence-corrected chi connectivity index (χ3v) is 5.02. The molecule has 0 aromatic heterocycles. The van der Waals surface area contributed by atoms with Gasteiger partial charge in [0.25, 0.3) is 0 Å². The maximum absolute atomic E-state index is 12.8. The van der Waals surface area contributed by atoms with Gasteiger partial charge in [0.05, 0.1) is 6.10 Å². The van der Waals surface area contributed by atoms with Crippen molar-refractivity contribution in [1.82, 2.24) is 0 Å². The molecule has 4 atom stereocenters. The molecule has 0 radical (unpaired) electrons. The Bertz CT molecular complexity index is 518. The summed E-state index contributed by atoms with van der Waals surface area (Å²) < 4.78 is 5.35. The van der Waals surface area contributed by atoms with Crippen molar-refractivity contribution < 1.29 is 19.4 Å². The first kappa shape index (κ1) is 25.3. The SMILES string of the molecule is C=CCCCC(C)C(O)C(C)C(=O)C(C)(C)/C=C/C(=O)OC(CC)CC=C. The summed E-state index contributed by atoms with van der Waals surface area (Å²) in [6, 6.07) is 0. The summed E-state index contributed by atoms with van der Waals surface area (Å²) in [6.07, 6.45) is 9.56. The predicted molar refractivity (Wildman–Crippen MR) is 111 cm³/mol. The molecule has 0 amide bonds. The molecule has 0 saturated heterocycles. The zero-order valence-electron chi connectivity index (χ0n) is 17.7. The second-order valence-corrected chi connectivity index (χ2v) is 7.89. The molecule has 1 N–H and O–H groups in total. The fourth-order valence-corrected chi connectivity index (χ4v) is 3.04. The van der Waals surface area contributed by atoms with E-state index < -0.39 is 23.4 Å². The van der Waals surface area contributed by atoms with Crippen LogP contribution in [-0.2, 0) is 14.3 Å². The summed E-state index contributed by atoms with van der Waals surface area (Å²) in [5.74, 6) is -1.04. The minimum atomic E-state index is -0.861. The van der Waals surface area contributed by atoms with Gasteiger partial charge in [0.2, 0.25) is 0 Å². The Kier molecular flexibility index (Phi) is 11.9. The monoisotopic (exact) mass is 378 g/mol. The van der Waals surface area contributed by atoms with Crippen LogP contribution in [0.4, 0.5) is 0 Å². The largest absolute Gasteiger partial charge is 0.459 e. The van der Waals surface area contributed by atoms with E-state index in [1.54, 1.807) is 32.9 Å². The van der Waals surface area contributed by atoms with Crippen LogP contribution in [0.3, 0.4) is 0 Å². The fourth-order valence-electron chi connectivity index (χ4n) is 3.04. The van der Waals surface area contributed by atoms with Gasteiger partial charge in [-0.1, -0.05) is 39.0 Å². The van der Waals surface area contributed by atoms with E-state index in [0.29, 0.717) is 12.8 Å². The first-order valence-electron chi connectivity index (χ1n) is 9.94. The Morgan fingerprint density at radius 1 is 1.19 bits per heavy atom. The molecule has 154 valence electrons. The van der Waals surface area contributed by atoms with Gasteiger partial charge in [-0.15, -0.1) is 13.2 Å². The second-order valence-electron chi connectivity index (χ2n) is 7.89. The molecule has 0 saturated carbocycles. The lowest BCUT2D eigenvalue weighted by Gasteiger charge is -2.29. The average Bonchev–Trinajstić information content (AvgIpc) is 2.64. The second kappa shape index (κ2) is 12.7. The summed E-state index contributed by atoms with van der Waals surface area (Å²) >= 11 is 0. The van der Waals surface area contributed by atoms with E-state index in [1.807, 2.05) is 19.9 Å². The molecule has 0 rings (SSSR count). The minimum Gasteiger partial charge on any atom is -0.459 e. The lowest BCUT2D eigenvalue weighted by molar-refractivity contribution is -0.143. The summed E-state index contributed by atoms with van der Waals surface area (Å²) in [7, 11) is 0. The number of carbonyl (C=O) groups is 2. The van der Waals surface area contributed by atoms with Gasteiger partial charge in [-0.3, -0.25) is 4.79 Å². The number of Topliss-reactive ketones (excluding diaryl/α,β-unsaturated/α-hetero) is 1. The quantitative estimate of drug-likeness (QED) is 0.199. The Labute approximate surface area is 165 Å². The molecular formula is C23H38O4. The topological polar surface area (TPSA) is 63.6 Å². The lowest BCUT2D eigenvalue weighted by Crippen LogP contribution is -2.38. The van der Waals surface area contributed by atoms with Crippen LogP contribution in [0.1, 0.15) is 66.7 Å².